The number of ether oxygens (including phenoxy) is 5. The molecule has 0 aromatic heterocycles. The largest absolute Gasteiger partial charge is 0.493 e. The molecule has 0 aliphatic carbocycles. The van der Waals surface area contributed by atoms with Gasteiger partial charge in [-0.15, -0.1) is 0 Å². The molecule has 6 heteroatoms. The van der Waals surface area contributed by atoms with Crippen molar-refractivity contribution in [3.05, 3.63) is 59.9 Å². The molecule has 0 spiro atoms. The number of methoxy groups -OCH3 is 3. The van der Waals surface area contributed by atoms with Gasteiger partial charge in [0.1, 0.15) is 0 Å². The summed E-state index contributed by atoms with van der Waals surface area (Å²) in [6.07, 6.45) is 0.497. The van der Waals surface area contributed by atoms with E-state index < -0.39 is 5.82 Å². The molecule has 0 radical (unpaired) electrons. The van der Waals surface area contributed by atoms with Gasteiger partial charge in [0.2, 0.25) is 0 Å². The van der Waals surface area contributed by atoms with Crippen molar-refractivity contribution in [2.45, 2.75) is 6.42 Å². The molecule has 0 saturated heterocycles. The monoisotopic (exact) mass is 376 g/mol. The van der Waals surface area contributed by atoms with Crippen molar-refractivity contribution in [3.8, 4) is 17.2 Å². The minimum Gasteiger partial charge on any atom is -0.493 e. The number of halogens is 1. The predicted octanol–water partition coefficient (Wildman–Crippen LogP) is 4.10. The molecule has 0 saturated carbocycles. The summed E-state index contributed by atoms with van der Waals surface area (Å²) in [5.41, 5.74) is 2.53. The van der Waals surface area contributed by atoms with Crippen LogP contribution in [-0.4, -0.2) is 41.3 Å². The van der Waals surface area contributed by atoms with Gasteiger partial charge in [0, 0.05) is 7.11 Å². The van der Waals surface area contributed by atoms with Crippen molar-refractivity contribution >= 4 is 5.57 Å². The van der Waals surface area contributed by atoms with Gasteiger partial charge < -0.3 is 23.7 Å². The molecular weight excluding hydrogens is 351 g/mol. The van der Waals surface area contributed by atoms with Gasteiger partial charge in [-0.25, -0.2) is 4.39 Å². The van der Waals surface area contributed by atoms with E-state index >= 15 is 0 Å². The second-order valence-corrected chi connectivity index (χ2v) is 5.78. The van der Waals surface area contributed by atoms with Gasteiger partial charge in [-0.3, -0.25) is 0 Å². The SMILES string of the molecule is C=C(Cc1ccc(OCOCCOC)c(F)c1)c1ccc(OC)c(OC)c1. The van der Waals surface area contributed by atoms with Crippen molar-refractivity contribution in [3.63, 3.8) is 0 Å². The van der Waals surface area contributed by atoms with Crippen LogP contribution < -0.4 is 14.2 Å². The van der Waals surface area contributed by atoms with E-state index in [1.54, 1.807) is 33.5 Å². The van der Waals surface area contributed by atoms with Crippen molar-refractivity contribution in [2.75, 3.05) is 41.3 Å². The van der Waals surface area contributed by atoms with E-state index in [-0.39, 0.29) is 12.5 Å². The third-order valence-corrected chi connectivity index (χ3v) is 3.94. The van der Waals surface area contributed by atoms with Crippen LogP contribution in [0.3, 0.4) is 0 Å². The molecule has 0 aliphatic rings. The number of allylic oxidation sites excluding steroid dienone is 1. The van der Waals surface area contributed by atoms with Crippen LogP contribution in [0.5, 0.6) is 17.2 Å². The first-order chi connectivity index (χ1) is 13.1. The fraction of sp³-hybridized carbons (Fsp3) is 0.333. The average Bonchev–Trinajstić information content (AvgIpc) is 2.68. The van der Waals surface area contributed by atoms with E-state index in [1.165, 1.54) is 6.07 Å². The van der Waals surface area contributed by atoms with Gasteiger partial charge in [0.25, 0.3) is 0 Å². The quantitative estimate of drug-likeness (QED) is 0.436. The lowest BCUT2D eigenvalue weighted by Gasteiger charge is -2.12. The Hall–Kier alpha value is -2.57. The van der Waals surface area contributed by atoms with Crippen LogP contribution in [0.1, 0.15) is 11.1 Å². The molecule has 0 unspecified atom stereocenters. The van der Waals surface area contributed by atoms with Crippen LogP contribution in [0, 0.1) is 5.82 Å². The number of rotatable bonds is 11. The second kappa shape index (κ2) is 10.5. The minimum absolute atomic E-state index is 0.0298. The number of hydrogen-bond donors (Lipinski definition) is 0. The summed E-state index contributed by atoms with van der Waals surface area (Å²) in [7, 11) is 4.75. The third kappa shape index (κ3) is 5.98. The predicted molar refractivity (Wildman–Crippen MR) is 102 cm³/mol. The molecule has 2 aromatic carbocycles. The highest BCUT2D eigenvalue weighted by molar-refractivity contribution is 5.68. The van der Waals surface area contributed by atoms with Crippen molar-refractivity contribution in [1.82, 2.24) is 0 Å². The van der Waals surface area contributed by atoms with E-state index in [1.807, 2.05) is 18.2 Å². The van der Waals surface area contributed by atoms with Gasteiger partial charge in [-0.2, -0.15) is 0 Å². The summed E-state index contributed by atoms with van der Waals surface area (Å²) >= 11 is 0. The zero-order chi connectivity index (χ0) is 19.6. The lowest BCUT2D eigenvalue weighted by Crippen LogP contribution is -2.08. The van der Waals surface area contributed by atoms with Gasteiger partial charge in [0.15, 0.2) is 29.9 Å². The topological polar surface area (TPSA) is 46.2 Å². The Balaban J connectivity index is 1.99. The molecule has 0 bridgehead atoms. The lowest BCUT2D eigenvalue weighted by molar-refractivity contribution is -0.0100. The van der Waals surface area contributed by atoms with E-state index in [0.717, 1.165) is 16.7 Å². The van der Waals surface area contributed by atoms with Crippen LogP contribution in [0.15, 0.2) is 43.0 Å². The standard InChI is InChI=1S/C21H25FO5/c1-15(17-6-8-20(24-3)21(13-17)25-4)11-16-5-7-19(18(22)12-16)27-14-26-10-9-23-2/h5-8,12-13H,1,9-11,14H2,2-4H3. The third-order valence-electron chi connectivity index (χ3n) is 3.94. The second-order valence-electron chi connectivity index (χ2n) is 5.78. The number of hydrogen-bond acceptors (Lipinski definition) is 5. The molecule has 2 aromatic rings. The molecule has 0 heterocycles. The van der Waals surface area contributed by atoms with Crippen molar-refractivity contribution in [1.29, 1.82) is 0 Å². The van der Waals surface area contributed by atoms with Gasteiger partial charge in [-0.1, -0.05) is 18.7 Å². The fourth-order valence-electron chi connectivity index (χ4n) is 2.48. The molecular formula is C21H25FO5. The normalized spacial score (nSPS) is 10.5. The summed E-state index contributed by atoms with van der Waals surface area (Å²) < 4.78 is 40.1. The van der Waals surface area contributed by atoms with Crippen LogP contribution in [0.25, 0.3) is 5.57 Å². The first kappa shape index (κ1) is 20.7. The number of benzene rings is 2. The molecule has 0 atom stereocenters. The zero-order valence-electron chi connectivity index (χ0n) is 15.9. The van der Waals surface area contributed by atoms with E-state index in [2.05, 4.69) is 6.58 Å². The van der Waals surface area contributed by atoms with Crippen LogP contribution in [0.2, 0.25) is 0 Å². The van der Waals surface area contributed by atoms with Crippen molar-refractivity contribution in [2.24, 2.45) is 0 Å². The van der Waals surface area contributed by atoms with E-state index in [4.69, 9.17) is 23.7 Å². The minimum atomic E-state index is -0.442. The average molecular weight is 376 g/mol. The summed E-state index contributed by atoms with van der Waals surface area (Å²) in [5.74, 6) is 0.977. The highest BCUT2D eigenvalue weighted by atomic mass is 19.1. The molecule has 2 rings (SSSR count). The molecule has 27 heavy (non-hydrogen) atoms. The smallest absolute Gasteiger partial charge is 0.189 e. The Labute approximate surface area is 159 Å². The summed E-state index contributed by atoms with van der Waals surface area (Å²) in [4.78, 5) is 0. The molecule has 0 amide bonds. The lowest BCUT2D eigenvalue weighted by atomic mass is 9.99. The first-order valence-corrected chi connectivity index (χ1v) is 8.47. The Bertz CT molecular complexity index is 760. The Kier molecular flexibility index (Phi) is 8.10. The van der Waals surface area contributed by atoms with Crippen LogP contribution in [0.4, 0.5) is 4.39 Å². The Morgan fingerprint density at radius 3 is 2.33 bits per heavy atom. The molecule has 0 N–H and O–H groups in total. The highest BCUT2D eigenvalue weighted by Gasteiger charge is 2.10. The van der Waals surface area contributed by atoms with Gasteiger partial charge in [-0.05, 0) is 47.4 Å². The molecule has 0 aliphatic heterocycles. The maximum Gasteiger partial charge on any atom is 0.189 e. The fourth-order valence-corrected chi connectivity index (χ4v) is 2.48. The zero-order valence-corrected chi connectivity index (χ0v) is 15.9. The van der Waals surface area contributed by atoms with E-state index in [9.17, 15) is 4.39 Å². The first-order valence-electron chi connectivity index (χ1n) is 8.47. The molecule has 5 nitrogen and oxygen atoms in total. The van der Waals surface area contributed by atoms with Gasteiger partial charge >= 0.3 is 0 Å². The maximum absolute atomic E-state index is 14.2. The van der Waals surface area contributed by atoms with Crippen LogP contribution >= 0.6 is 0 Å². The van der Waals surface area contributed by atoms with Crippen LogP contribution in [-0.2, 0) is 15.9 Å². The molecule has 0 fully saturated rings. The van der Waals surface area contributed by atoms with E-state index in [0.29, 0.717) is 31.1 Å². The summed E-state index contributed by atoms with van der Waals surface area (Å²) in [5, 5.41) is 0. The summed E-state index contributed by atoms with van der Waals surface area (Å²) in [6.45, 7) is 4.92. The Morgan fingerprint density at radius 2 is 1.67 bits per heavy atom. The summed E-state index contributed by atoms with van der Waals surface area (Å²) in [6, 6.07) is 10.4. The maximum atomic E-state index is 14.2. The highest BCUT2D eigenvalue weighted by Crippen LogP contribution is 2.31. The van der Waals surface area contributed by atoms with Gasteiger partial charge in [0.05, 0.1) is 27.4 Å². The van der Waals surface area contributed by atoms with Crippen molar-refractivity contribution < 1.29 is 28.1 Å². The Morgan fingerprint density at radius 1 is 0.926 bits per heavy atom. The molecule has 146 valence electrons.